The van der Waals surface area contributed by atoms with E-state index in [-0.39, 0.29) is 11.9 Å². The largest absolute Gasteiger partial charge is 0.314 e. The lowest BCUT2D eigenvalue weighted by molar-refractivity contribution is 0.162. The normalized spacial score (nSPS) is 18.1. The number of hydrogen-bond donors (Lipinski definition) is 1. The topological polar surface area (TPSA) is 15.3 Å². The van der Waals surface area contributed by atoms with E-state index in [0.29, 0.717) is 5.02 Å². The molecule has 1 heterocycles. The molecule has 20 heavy (non-hydrogen) atoms. The molecule has 1 fully saturated rings. The Morgan fingerprint density at radius 1 is 1.25 bits per heavy atom. The van der Waals surface area contributed by atoms with Gasteiger partial charge in [-0.3, -0.25) is 4.90 Å². The number of hydrogen-bond acceptors (Lipinski definition) is 2. The fourth-order valence-electron chi connectivity index (χ4n) is 2.91. The van der Waals surface area contributed by atoms with E-state index >= 15 is 0 Å². The summed E-state index contributed by atoms with van der Waals surface area (Å²) < 4.78 is 13.6. The van der Waals surface area contributed by atoms with Gasteiger partial charge in [0.1, 0.15) is 5.82 Å². The Morgan fingerprint density at radius 3 is 2.65 bits per heavy atom. The molecule has 1 aromatic rings. The maximum Gasteiger partial charge on any atom is 0.125 e. The van der Waals surface area contributed by atoms with Gasteiger partial charge in [0.25, 0.3) is 0 Å². The average molecular weight is 299 g/mol. The first-order chi connectivity index (χ1) is 9.70. The van der Waals surface area contributed by atoms with Gasteiger partial charge < -0.3 is 5.32 Å². The highest BCUT2D eigenvalue weighted by Crippen LogP contribution is 2.29. The van der Waals surface area contributed by atoms with Crippen molar-refractivity contribution in [1.82, 2.24) is 10.2 Å². The highest BCUT2D eigenvalue weighted by molar-refractivity contribution is 6.30. The van der Waals surface area contributed by atoms with Gasteiger partial charge in [-0.15, -0.1) is 0 Å². The van der Waals surface area contributed by atoms with Crippen LogP contribution in [-0.2, 0) is 0 Å². The summed E-state index contributed by atoms with van der Waals surface area (Å²) in [7, 11) is 0. The molecule has 0 aliphatic carbocycles. The maximum atomic E-state index is 13.6. The summed E-state index contributed by atoms with van der Waals surface area (Å²) in [4.78, 5) is 2.46. The molecule has 1 saturated heterocycles. The van der Waals surface area contributed by atoms with Crippen molar-refractivity contribution in [1.29, 1.82) is 0 Å². The number of rotatable bonds is 6. The summed E-state index contributed by atoms with van der Waals surface area (Å²) in [6.07, 6.45) is 4.69. The SMILES string of the molecule is CCCCC[C@@H](c1cc(F)cc(Cl)c1)N1CCNCC1. The maximum absolute atomic E-state index is 13.6. The van der Waals surface area contributed by atoms with E-state index in [9.17, 15) is 4.39 Å². The molecule has 0 saturated carbocycles. The Bertz CT molecular complexity index is 399. The predicted octanol–water partition coefficient (Wildman–Crippen LogP) is 4.01. The van der Waals surface area contributed by atoms with Crippen LogP contribution in [0.2, 0.25) is 5.02 Å². The molecule has 0 bridgehead atoms. The van der Waals surface area contributed by atoms with Gasteiger partial charge in [-0.05, 0) is 30.2 Å². The first-order valence-electron chi connectivity index (χ1n) is 7.61. The highest BCUT2D eigenvalue weighted by Gasteiger charge is 2.22. The molecule has 1 aromatic carbocycles. The van der Waals surface area contributed by atoms with Crippen LogP contribution < -0.4 is 5.32 Å². The van der Waals surface area contributed by atoms with Crippen LogP contribution in [0, 0.1) is 5.82 Å². The Morgan fingerprint density at radius 2 is 2.00 bits per heavy atom. The zero-order chi connectivity index (χ0) is 14.4. The minimum Gasteiger partial charge on any atom is -0.314 e. The Labute approximate surface area is 126 Å². The van der Waals surface area contributed by atoms with Crippen LogP contribution >= 0.6 is 11.6 Å². The van der Waals surface area contributed by atoms with Crippen LogP contribution in [0.1, 0.15) is 44.2 Å². The molecule has 4 heteroatoms. The molecule has 2 nitrogen and oxygen atoms in total. The fraction of sp³-hybridized carbons (Fsp3) is 0.625. The van der Waals surface area contributed by atoms with Gasteiger partial charge in [0.2, 0.25) is 0 Å². The molecule has 1 aliphatic heterocycles. The third-order valence-corrected chi connectivity index (χ3v) is 4.16. The number of piperazine rings is 1. The Kier molecular flexibility index (Phi) is 6.27. The van der Waals surface area contributed by atoms with Crippen molar-refractivity contribution in [3.63, 3.8) is 0 Å². The van der Waals surface area contributed by atoms with Gasteiger partial charge in [-0.1, -0.05) is 37.8 Å². The van der Waals surface area contributed by atoms with E-state index in [4.69, 9.17) is 11.6 Å². The summed E-state index contributed by atoms with van der Waals surface area (Å²) in [5, 5.41) is 3.87. The molecule has 0 radical (unpaired) electrons. The molecule has 0 aromatic heterocycles. The molecule has 1 N–H and O–H groups in total. The minimum atomic E-state index is -0.233. The second kappa shape index (κ2) is 7.96. The van der Waals surface area contributed by atoms with Crippen LogP contribution in [0.15, 0.2) is 18.2 Å². The molecule has 0 amide bonds. The van der Waals surface area contributed by atoms with Crippen LogP contribution in [-0.4, -0.2) is 31.1 Å². The Balaban J connectivity index is 2.15. The zero-order valence-corrected chi connectivity index (χ0v) is 12.9. The van der Waals surface area contributed by atoms with Crippen molar-refractivity contribution in [2.24, 2.45) is 0 Å². The van der Waals surface area contributed by atoms with E-state index in [1.54, 1.807) is 6.07 Å². The Hall–Kier alpha value is -0.640. The highest BCUT2D eigenvalue weighted by atomic mass is 35.5. The molecular weight excluding hydrogens is 275 g/mol. The summed E-state index contributed by atoms with van der Waals surface area (Å²) in [6.45, 7) is 6.26. The quantitative estimate of drug-likeness (QED) is 0.799. The van der Waals surface area contributed by atoms with E-state index in [1.165, 1.54) is 25.3 Å². The number of unbranched alkanes of at least 4 members (excludes halogenated alkanes) is 2. The fourth-order valence-corrected chi connectivity index (χ4v) is 3.14. The van der Waals surface area contributed by atoms with Crippen molar-refractivity contribution >= 4 is 11.6 Å². The molecule has 2 rings (SSSR count). The number of nitrogens with one attached hydrogen (secondary N) is 1. The molecule has 1 atom stereocenters. The molecule has 1 aliphatic rings. The average Bonchev–Trinajstić information content (AvgIpc) is 2.43. The minimum absolute atomic E-state index is 0.233. The summed E-state index contributed by atoms with van der Waals surface area (Å²) in [5.74, 6) is -0.233. The van der Waals surface area contributed by atoms with Crippen molar-refractivity contribution < 1.29 is 4.39 Å². The van der Waals surface area contributed by atoms with Crippen molar-refractivity contribution in [2.75, 3.05) is 26.2 Å². The third-order valence-electron chi connectivity index (χ3n) is 3.94. The van der Waals surface area contributed by atoms with Crippen LogP contribution in [0.4, 0.5) is 4.39 Å². The monoisotopic (exact) mass is 298 g/mol. The van der Waals surface area contributed by atoms with Gasteiger partial charge in [0, 0.05) is 37.2 Å². The van der Waals surface area contributed by atoms with Crippen molar-refractivity contribution in [3.8, 4) is 0 Å². The van der Waals surface area contributed by atoms with E-state index in [1.807, 2.05) is 6.07 Å². The van der Waals surface area contributed by atoms with Crippen LogP contribution in [0.25, 0.3) is 0 Å². The van der Waals surface area contributed by atoms with Crippen molar-refractivity contribution in [3.05, 3.63) is 34.6 Å². The standard InChI is InChI=1S/C16H24ClFN2/c1-2-3-4-5-16(20-8-6-19-7-9-20)13-10-14(17)12-15(18)11-13/h10-12,16,19H,2-9H2,1H3/t16-/m0/s1. The van der Waals surface area contributed by atoms with Gasteiger partial charge in [-0.2, -0.15) is 0 Å². The number of benzene rings is 1. The van der Waals surface area contributed by atoms with Crippen LogP contribution in [0.5, 0.6) is 0 Å². The second-order valence-electron chi connectivity index (χ2n) is 5.50. The smallest absolute Gasteiger partial charge is 0.125 e. The predicted molar refractivity (Wildman–Crippen MR) is 82.7 cm³/mol. The van der Waals surface area contributed by atoms with Crippen molar-refractivity contribution in [2.45, 2.75) is 38.6 Å². The first kappa shape index (κ1) is 15.7. The van der Waals surface area contributed by atoms with Gasteiger partial charge >= 0.3 is 0 Å². The number of halogens is 2. The summed E-state index contributed by atoms with van der Waals surface area (Å²) in [6, 6.07) is 5.23. The lowest BCUT2D eigenvalue weighted by atomic mass is 9.98. The van der Waals surface area contributed by atoms with Gasteiger partial charge in [-0.25, -0.2) is 4.39 Å². The van der Waals surface area contributed by atoms with Gasteiger partial charge in [0.05, 0.1) is 0 Å². The summed E-state index contributed by atoms with van der Waals surface area (Å²) >= 11 is 6.02. The lowest BCUT2D eigenvalue weighted by Gasteiger charge is -2.35. The van der Waals surface area contributed by atoms with Gasteiger partial charge in [0.15, 0.2) is 0 Å². The first-order valence-corrected chi connectivity index (χ1v) is 7.99. The van der Waals surface area contributed by atoms with E-state index in [2.05, 4.69) is 17.1 Å². The lowest BCUT2D eigenvalue weighted by Crippen LogP contribution is -2.45. The van der Waals surface area contributed by atoms with E-state index in [0.717, 1.165) is 38.2 Å². The second-order valence-corrected chi connectivity index (χ2v) is 5.94. The molecule has 0 unspecified atom stereocenters. The van der Waals surface area contributed by atoms with E-state index < -0.39 is 0 Å². The van der Waals surface area contributed by atoms with Crippen LogP contribution in [0.3, 0.4) is 0 Å². The zero-order valence-electron chi connectivity index (χ0n) is 12.2. The molecule has 112 valence electrons. The summed E-state index contributed by atoms with van der Waals surface area (Å²) in [5.41, 5.74) is 1.02. The molecule has 0 spiro atoms. The number of nitrogens with zero attached hydrogens (tertiary/aromatic N) is 1. The molecular formula is C16H24ClFN2. The third kappa shape index (κ3) is 4.44.